The molecule has 0 N–H and O–H groups in total. The number of esters is 2. The van der Waals surface area contributed by atoms with Gasteiger partial charge in [0.05, 0.1) is 0 Å². The molecule has 0 heterocycles. The monoisotopic (exact) mass is 623 g/mol. The quantitative estimate of drug-likeness (QED) is 0.0527. The molecule has 0 rings (SSSR count). The van der Waals surface area contributed by atoms with Crippen LogP contribution in [0.15, 0.2) is 0 Å². The Kier molecular flexibility index (Phi) is 31.9. The van der Waals surface area contributed by atoms with E-state index in [0.717, 1.165) is 51.4 Å². The van der Waals surface area contributed by atoms with Crippen LogP contribution in [0.4, 0.5) is 0 Å². The Morgan fingerprint density at radius 2 is 0.636 bits per heavy atom. The number of ether oxygens (including phenoxy) is 2. The molecule has 0 amide bonds. The normalized spacial score (nSPS) is 11.4. The number of rotatable bonds is 34. The van der Waals surface area contributed by atoms with Gasteiger partial charge in [-0.05, 0) is 64.2 Å². The maximum Gasteiger partial charge on any atom is 0.306 e. The summed E-state index contributed by atoms with van der Waals surface area (Å²) < 4.78 is 11.8. The molecule has 0 saturated heterocycles. The average Bonchev–Trinajstić information content (AvgIpc) is 3.00. The molecule has 0 aromatic heterocycles. The Balaban J connectivity index is 4.34. The number of Topliss-reactive ketones (excluding diaryl/α,β-unsaturated/α-hetero) is 1. The topological polar surface area (TPSA) is 69.7 Å². The molecule has 0 aliphatic heterocycles. The maximum absolute atomic E-state index is 12.6. The number of carbonyl (C=O) groups is 3. The molecular formula is C39H74O5. The molecule has 0 aromatic carbocycles. The van der Waals surface area contributed by atoms with E-state index in [2.05, 4.69) is 27.7 Å². The van der Waals surface area contributed by atoms with Gasteiger partial charge in [-0.25, -0.2) is 0 Å². The van der Waals surface area contributed by atoms with Crippen LogP contribution < -0.4 is 0 Å². The first-order valence-corrected chi connectivity index (χ1v) is 19.4. The summed E-state index contributed by atoms with van der Waals surface area (Å²) in [6, 6.07) is 0. The van der Waals surface area contributed by atoms with Crippen molar-refractivity contribution >= 4 is 17.7 Å². The van der Waals surface area contributed by atoms with Crippen LogP contribution >= 0.6 is 0 Å². The van der Waals surface area contributed by atoms with Gasteiger partial charge in [0.1, 0.15) is 18.0 Å². The van der Waals surface area contributed by atoms with Crippen molar-refractivity contribution in [2.75, 3.05) is 0 Å². The molecular weight excluding hydrogens is 548 g/mol. The van der Waals surface area contributed by atoms with Crippen LogP contribution in [-0.2, 0) is 23.9 Å². The van der Waals surface area contributed by atoms with Crippen molar-refractivity contribution in [2.24, 2.45) is 0 Å². The third-order valence-corrected chi connectivity index (χ3v) is 8.79. The van der Waals surface area contributed by atoms with Crippen LogP contribution in [0.2, 0.25) is 0 Å². The van der Waals surface area contributed by atoms with E-state index in [1.54, 1.807) is 0 Å². The molecule has 0 aliphatic rings. The molecule has 0 aromatic rings. The first-order chi connectivity index (χ1) is 21.5. The zero-order chi connectivity index (χ0) is 32.5. The molecule has 0 unspecified atom stereocenters. The van der Waals surface area contributed by atoms with Crippen molar-refractivity contribution in [3.8, 4) is 0 Å². The predicted molar refractivity (Wildman–Crippen MR) is 186 cm³/mol. The molecule has 0 saturated carbocycles. The summed E-state index contributed by atoms with van der Waals surface area (Å²) in [7, 11) is 0. The molecule has 0 bridgehead atoms. The van der Waals surface area contributed by atoms with E-state index in [4.69, 9.17) is 9.47 Å². The van der Waals surface area contributed by atoms with E-state index < -0.39 is 0 Å². The van der Waals surface area contributed by atoms with Crippen LogP contribution in [0, 0.1) is 0 Å². The minimum atomic E-state index is -0.163. The first-order valence-electron chi connectivity index (χ1n) is 19.4. The second-order valence-electron chi connectivity index (χ2n) is 13.3. The van der Waals surface area contributed by atoms with Crippen LogP contribution in [0.25, 0.3) is 0 Å². The van der Waals surface area contributed by atoms with Gasteiger partial charge < -0.3 is 9.47 Å². The summed E-state index contributed by atoms with van der Waals surface area (Å²) in [5, 5.41) is 0. The van der Waals surface area contributed by atoms with Gasteiger partial charge >= 0.3 is 11.9 Å². The van der Waals surface area contributed by atoms with Gasteiger partial charge in [0.2, 0.25) is 0 Å². The van der Waals surface area contributed by atoms with Crippen LogP contribution in [0.3, 0.4) is 0 Å². The standard InChI is InChI=1S/C39H74O5/c1-5-9-13-17-21-29-36(30-22-18-14-10-6-2)43-38(41)33-25-27-35(40)28-26-34-39(42)44-37(31-23-19-15-11-7-3)32-24-20-16-12-8-4/h36-37H,5-34H2,1-4H3. The zero-order valence-corrected chi connectivity index (χ0v) is 29.9. The van der Waals surface area contributed by atoms with E-state index in [1.165, 1.54) is 103 Å². The van der Waals surface area contributed by atoms with Crippen molar-refractivity contribution in [3.05, 3.63) is 0 Å². The second-order valence-corrected chi connectivity index (χ2v) is 13.3. The Labute approximate surface area is 273 Å². The summed E-state index contributed by atoms with van der Waals surface area (Å²) in [5.41, 5.74) is 0. The minimum absolute atomic E-state index is 0.0176. The number of hydrogen-bond acceptors (Lipinski definition) is 5. The molecule has 5 heteroatoms. The molecule has 0 spiro atoms. The number of unbranched alkanes of at least 4 members (excludes halogenated alkanes) is 16. The van der Waals surface area contributed by atoms with Crippen LogP contribution in [0.5, 0.6) is 0 Å². The average molecular weight is 623 g/mol. The van der Waals surface area contributed by atoms with Gasteiger partial charge in [-0.2, -0.15) is 0 Å². The summed E-state index contributed by atoms with van der Waals surface area (Å²) >= 11 is 0. The molecule has 0 radical (unpaired) electrons. The van der Waals surface area contributed by atoms with Gasteiger partial charge in [-0.15, -0.1) is 0 Å². The number of ketones is 1. The van der Waals surface area contributed by atoms with Gasteiger partial charge in [0.15, 0.2) is 0 Å². The highest BCUT2D eigenvalue weighted by Crippen LogP contribution is 2.19. The molecule has 0 fully saturated rings. The SMILES string of the molecule is CCCCCCCC(CCCCCCC)OC(=O)CCCC(=O)CCCC(=O)OC(CCCCCCC)CCCCCCC. The third-order valence-electron chi connectivity index (χ3n) is 8.79. The van der Waals surface area contributed by atoms with E-state index in [0.29, 0.717) is 38.5 Å². The highest BCUT2D eigenvalue weighted by Gasteiger charge is 2.17. The predicted octanol–water partition coefficient (Wildman–Crippen LogP) is 12.2. The summed E-state index contributed by atoms with van der Waals surface area (Å²) in [5.74, 6) is -0.203. The smallest absolute Gasteiger partial charge is 0.306 e. The number of carbonyl (C=O) groups excluding carboxylic acids is 3. The Bertz CT molecular complexity index is 579. The maximum atomic E-state index is 12.6. The van der Waals surface area contributed by atoms with E-state index in [9.17, 15) is 14.4 Å². The van der Waals surface area contributed by atoms with Gasteiger partial charge in [0, 0.05) is 25.7 Å². The fourth-order valence-corrected chi connectivity index (χ4v) is 5.90. The fraction of sp³-hybridized carbons (Fsp3) is 0.923. The van der Waals surface area contributed by atoms with Crippen molar-refractivity contribution in [3.63, 3.8) is 0 Å². The van der Waals surface area contributed by atoms with Crippen LogP contribution in [0.1, 0.15) is 220 Å². The van der Waals surface area contributed by atoms with Gasteiger partial charge in [0.25, 0.3) is 0 Å². The van der Waals surface area contributed by atoms with Gasteiger partial charge in [-0.1, -0.05) is 130 Å². The fourth-order valence-electron chi connectivity index (χ4n) is 5.90. The lowest BCUT2D eigenvalue weighted by Gasteiger charge is -2.18. The summed E-state index contributed by atoms with van der Waals surface area (Å²) in [6.45, 7) is 8.90. The minimum Gasteiger partial charge on any atom is -0.462 e. The lowest BCUT2D eigenvalue weighted by Crippen LogP contribution is -2.19. The van der Waals surface area contributed by atoms with Crippen molar-refractivity contribution < 1.29 is 23.9 Å². The molecule has 260 valence electrons. The highest BCUT2D eigenvalue weighted by atomic mass is 16.5. The largest absolute Gasteiger partial charge is 0.462 e. The number of hydrogen-bond donors (Lipinski definition) is 0. The summed E-state index contributed by atoms with van der Waals surface area (Å²) in [6.07, 6.45) is 30.6. The first kappa shape index (κ1) is 42.6. The third kappa shape index (κ3) is 29.3. The Hall–Kier alpha value is -1.39. The van der Waals surface area contributed by atoms with E-state index >= 15 is 0 Å². The second kappa shape index (κ2) is 33.0. The van der Waals surface area contributed by atoms with E-state index in [-0.39, 0.29) is 29.9 Å². The lowest BCUT2D eigenvalue weighted by atomic mass is 10.0. The molecule has 44 heavy (non-hydrogen) atoms. The highest BCUT2D eigenvalue weighted by molar-refractivity contribution is 5.79. The van der Waals surface area contributed by atoms with E-state index in [1.807, 2.05) is 0 Å². The van der Waals surface area contributed by atoms with Crippen LogP contribution in [-0.4, -0.2) is 29.9 Å². The van der Waals surface area contributed by atoms with Gasteiger partial charge in [-0.3, -0.25) is 14.4 Å². The van der Waals surface area contributed by atoms with Crippen molar-refractivity contribution in [1.29, 1.82) is 0 Å². The zero-order valence-electron chi connectivity index (χ0n) is 29.9. The molecule has 0 atom stereocenters. The van der Waals surface area contributed by atoms with Crippen molar-refractivity contribution in [2.45, 2.75) is 233 Å². The lowest BCUT2D eigenvalue weighted by molar-refractivity contribution is -0.150. The molecule has 0 aliphatic carbocycles. The molecule has 5 nitrogen and oxygen atoms in total. The Morgan fingerprint density at radius 3 is 0.909 bits per heavy atom. The Morgan fingerprint density at radius 1 is 0.364 bits per heavy atom. The summed E-state index contributed by atoms with van der Waals surface area (Å²) in [4.78, 5) is 37.6. The van der Waals surface area contributed by atoms with Crippen molar-refractivity contribution in [1.82, 2.24) is 0 Å².